The minimum atomic E-state index is -0.164. The van der Waals surface area contributed by atoms with E-state index in [1.54, 1.807) is 12.1 Å². The molecule has 0 heterocycles. The number of rotatable bonds is 6. The third-order valence-corrected chi connectivity index (χ3v) is 4.17. The normalized spacial score (nSPS) is 15.9. The minimum absolute atomic E-state index is 0.164. The molecule has 1 unspecified atom stereocenters. The Hall–Kier alpha value is -1.67. The van der Waals surface area contributed by atoms with E-state index in [-0.39, 0.29) is 5.82 Å². The van der Waals surface area contributed by atoms with Crippen molar-refractivity contribution >= 4 is 0 Å². The highest BCUT2D eigenvalue weighted by molar-refractivity contribution is 5.27. The molecule has 0 saturated heterocycles. The lowest BCUT2D eigenvalue weighted by Crippen LogP contribution is -2.24. The van der Waals surface area contributed by atoms with Gasteiger partial charge < -0.3 is 5.32 Å². The summed E-state index contributed by atoms with van der Waals surface area (Å²) in [6.07, 6.45) is 3.58. The lowest BCUT2D eigenvalue weighted by Gasteiger charge is -2.18. The summed E-state index contributed by atoms with van der Waals surface area (Å²) in [5.41, 5.74) is 3.84. The van der Waals surface area contributed by atoms with Crippen molar-refractivity contribution in [2.24, 2.45) is 0 Å². The Morgan fingerprint density at radius 1 is 1.05 bits per heavy atom. The molecule has 21 heavy (non-hydrogen) atoms. The van der Waals surface area contributed by atoms with Gasteiger partial charge in [-0.3, -0.25) is 0 Å². The van der Waals surface area contributed by atoms with Crippen LogP contribution in [-0.4, -0.2) is 12.6 Å². The second-order valence-electron chi connectivity index (χ2n) is 6.12. The van der Waals surface area contributed by atoms with Crippen molar-refractivity contribution in [3.8, 4) is 0 Å². The quantitative estimate of drug-likeness (QED) is 0.837. The van der Waals surface area contributed by atoms with E-state index in [1.807, 2.05) is 12.1 Å². The van der Waals surface area contributed by atoms with Gasteiger partial charge in [-0.15, -0.1) is 0 Å². The van der Waals surface area contributed by atoms with Crippen LogP contribution in [0.15, 0.2) is 48.5 Å². The van der Waals surface area contributed by atoms with Crippen LogP contribution in [0.25, 0.3) is 0 Å². The lowest BCUT2D eigenvalue weighted by molar-refractivity contribution is 0.574. The predicted octanol–water partition coefficient (Wildman–Crippen LogP) is 4.21. The van der Waals surface area contributed by atoms with Crippen LogP contribution in [-0.2, 0) is 6.42 Å². The first-order valence-electron chi connectivity index (χ1n) is 7.75. The van der Waals surface area contributed by atoms with Crippen molar-refractivity contribution in [2.45, 2.75) is 38.1 Å². The van der Waals surface area contributed by atoms with Crippen LogP contribution in [0.5, 0.6) is 0 Å². The number of benzene rings is 2. The van der Waals surface area contributed by atoms with Gasteiger partial charge in [0.05, 0.1) is 0 Å². The Balaban J connectivity index is 1.73. The van der Waals surface area contributed by atoms with Crippen molar-refractivity contribution in [1.29, 1.82) is 0 Å². The summed E-state index contributed by atoms with van der Waals surface area (Å²) in [4.78, 5) is 0. The van der Waals surface area contributed by atoms with E-state index in [0.29, 0.717) is 12.0 Å². The van der Waals surface area contributed by atoms with Crippen LogP contribution in [0.1, 0.15) is 35.4 Å². The highest BCUT2D eigenvalue weighted by Crippen LogP contribution is 2.24. The summed E-state index contributed by atoms with van der Waals surface area (Å²) in [5, 5.41) is 3.61. The third-order valence-electron chi connectivity index (χ3n) is 4.17. The van der Waals surface area contributed by atoms with Gasteiger partial charge in [0.1, 0.15) is 5.82 Å². The SMILES string of the molecule is Cc1ccc(CC(CNC2CC2)c2ccc(F)cc2)cc1. The fourth-order valence-electron chi connectivity index (χ4n) is 2.65. The van der Waals surface area contributed by atoms with E-state index < -0.39 is 0 Å². The number of halogens is 1. The average Bonchev–Trinajstić information content (AvgIpc) is 3.31. The van der Waals surface area contributed by atoms with Crippen molar-refractivity contribution in [2.75, 3.05) is 6.54 Å². The molecule has 3 rings (SSSR count). The maximum absolute atomic E-state index is 13.1. The van der Waals surface area contributed by atoms with E-state index in [1.165, 1.54) is 29.5 Å². The standard InChI is InChI=1S/C19H22FN/c1-14-2-4-15(5-3-14)12-17(13-21-19-10-11-19)16-6-8-18(20)9-7-16/h2-9,17,19,21H,10-13H2,1H3. The van der Waals surface area contributed by atoms with Crippen molar-refractivity contribution in [1.82, 2.24) is 5.32 Å². The largest absolute Gasteiger partial charge is 0.313 e. The van der Waals surface area contributed by atoms with Crippen LogP contribution < -0.4 is 5.32 Å². The number of hydrogen-bond donors (Lipinski definition) is 1. The van der Waals surface area contributed by atoms with Gasteiger partial charge in [0.2, 0.25) is 0 Å². The summed E-state index contributed by atoms with van der Waals surface area (Å²) in [7, 11) is 0. The maximum Gasteiger partial charge on any atom is 0.123 e. The molecular formula is C19H22FN. The molecule has 1 fully saturated rings. The zero-order valence-electron chi connectivity index (χ0n) is 12.5. The zero-order chi connectivity index (χ0) is 14.7. The highest BCUT2D eigenvalue weighted by atomic mass is 19.1. The van der Waals surface area contributed by atoms with Gasteiger partial charge in [-0.05, 0) is 49.4 Å². The van der Waals surface area contributed by atoms with Gasteiger partial charge in [0.25, 0.3) is 0 Å². The van der Waals surface area contributed by atoms with Crippen molar-refractivity contribution in [3.05, 3.63) is 71.0 Å². The second-order valence-corrected chi connectivity index (χ2v) is 6.12. The monoisotopic (exact) mass is 283 g/mol. The molecule has 2 aromatic rings. The van der Waals surface area contributed by atoms with Gasteiger partial charge in [-0.1, -0.05) is 42.0 Å². The Labute approximate surface area is 126 Å². The first kappa shape index (κ1) is 14.3. The Bertz CT molecular complexity index is 570. The predicted molar refractivity (Wildman–Crippen MR) is 85.0 cm³/mol. The molecule has 0 radical (unpaired) electrons. The molecule has 1 N–H and O–H groups in total. The van der Waals surface area contributed by atoms with Crippen LogP contribution in [0.4, 0.5) is 4.39 Å². The smallest absolute Gasteiger partial charge is 0.123 e. The number of hydrogen-bond acceptors (Lipinski definition) is 1. The van der Waals surface area contributed by atoms with Gasteiger partial charge >= 0.3 is 0 Å². The molecule has 0 spiro atoms. The van der Waals surface area contributed by atoms with Crippen LogP contribution in [0, 0.1) is 12.7 Å². The fourth-order valence-corrected chi connectivity index (χ4v) is 2.65. The molecule has 2 aromatic carbocycles. The summed E-state index contributed by atoms with van der Waals surface area (Å²) in [6.45, 7) is 3.07. The Kier molecular flexibility index (Phi) is 4.35. The minimum Gasteiger partial charge on any atom is -0.313 e. The summed E-state index contributed by atoms with van der Waals surface area (Å²) in [5.74, 6) is 0.233. The topological polar surface area (TPSA) is 12.0 Å². The number of aryl methyl sites for hydroxylation is 1. The van der Waals surface area contributed by atoms with Crippen LogP contribution in [0.2, 0.25) is 0 Å². The van der Waals surface area contributed by atoms with Gasteiger partial charge in [0, 0.05) is 18.5 Å². The maximum atomic E-state index is 13.1. The average molecular weight is 283 g/mol. The molecule has 0 amide bonds. The fraction of sp³-hybridized carbons (Fsp3) is 0.368. The first-order valence-corrected chi connectivity index (χ1v) is 7.75. The van der Waals surface area contributed by atoms with Crippen molar-refractivity contribution < 1.29 is 4.39 Å². The molecule has 1 aliphatic rings. The molecule has 110 valence electrons. The zero-order valence-corrected chi connectivity index (χ0v) is 12.5. The van der Waals surface area contributed by atoms with E-state index in [2.05, 4.69) is 36.5 Å². The molecule has 0 aromatic heterocycles. The number of nitrogens with one attached hydrogen (secondary N) is 1. The van der Waals surface area contributed by atoms with Gasteiger partial charge in [0.15, 0.2) is 0 Å². The molecular weight excluding hydrogens is 261 g/mol. The summed E-state index contributed by atoms with van der Waals surface area (Å²) in [6, 6.07) is 16.4. The van der Waals surface area contributed by atoms with Gasteiger partial charge in [-0.2, -0.15) is 0 Å². The first-order chi connectivity index (χ1) is 10.2. The van der Waals surface area contributed by atoms with E-state index >= 15 is 0 Å². The van der Waals surface area contributed by atoms with E-state index in [9.17, 15) is 4.39 Å². The molecule has 2 heteroatoms. The second kappa shape index (κ2) is 6.40. The summed E-state index contributed by atoms with van der Waals surface area (Å²) < 4.78 is 13.1. The Morgan fingerprint density at radius 3 is 2.33 bits per heavy atom. The molecule has 1 saturated carbocycles. The molecule has 0 bridgehead atoms. The molecule has 1 aliphatic carbocycles. The van der Waals surface area contributed by atoms with Crippen molar-refractivity contribution in [3.63, 3.8) is 0 Å². The Morgan fingerprint density at radius 2 is 1.71 bits per heavy atom. The van der Waals surface area contributed by atoms with Crippen LogP contribution in [0.3, 0.4) is 0 Å². The van der Waals surface area contributed by atoms with E-state index in [0.717, 1.165) is 13.0 Å². The summed E-state index contributed by atoms with van der Waals surface area (Å²) >= 11 is 0. The molecule has 1 atom stereocenters. The van der Waals surface area contributed by atoms with E-state index in [4.69, 9.17) is 0 Å². The van der Waals surface area contributed by atoms with Gasteiger partial charge in [-0.25, -0.2) is 4.39 Å². The molecule has 0 aliphatic heterocycles. The highest BCUT2D eigenvalue weighted by Gasteiger charge is 2.22. The van der Waals surface area contributed by atoms with Crippen LogP contribution >= 0.6 is 0 Å². The lowest BCUT2D eigenvalue weighted by atomic mass is 9.91. The molecule has 1 nitrogen and oxygen atoms in total. The third kappa shape index (κ3) is 4.15.